The summed E-state index contributed by atoms with van der Waals surface area (Å²) in [6, 6.07) is 18.5. The lowest BCUT2D eigenvalue weighted by atomic mass is 9.86. The van der Waals surface area contributed by atoms with Gasteiger partial charge in [0.2, 0.25) is 76.2 Å². The normalized spacial score (nSPS) is 27.9. The highest BCUT2D eigenvalue weighted by Gasteiger charge is 2.61. The minimum atomic E-state index is -2.33. The lowest BCUT2D eigenvalue weighted by Crippen LogP contribution is -2.61. The second-order valence-electron chi connectivity index (χ2n) is 34.6. The first-order valence-electron chi connectivity index (χ1n) is 42.8. The number of phenolic OH excluding ortho intramolecular Hbond substituents is 2. The number of halogens is 3. The number of hydrogen-bond donors (Lipinski definition) is 15. The van der Waals surface area contributed by atoms with Gasteiger partial charge in [0.25, 0.3) is 0 Å². The van der Waals surface area contributed by atoms with Crippen LogP contribution in [-0.2, 0) is 73.4 Å². The standard InChI is InChI=1S/C92H104Cl3N11O25S/c1-43(108)9-24-70(113)99-78-80(115)50-17-22-63(57(94)28-50)126-65-30-52-31-66(82(65)131-90-67(35-60(110)68(40-107)129-90)128-73-38-92(36-44(2)124-73)42-106(92)39-46-10-12-47(13-11-46)48-14-19-53(93)20-15-48)127-64-23-18-51(29-58(64)95)81(130-72-37-91(4,97)83(116)45(3)125-72)79-88(121)102-77(89(122)132-41-71(114)105(7)26-25-104(5)6)56-32-54(109)33-61(111)74(56)55-27-49(16-21-62(55)123-8)75(85(118)103-79)101-86(119)76(52)100-84(117)59(34-69(96)112)98-87(78)120/h10-23,27-33,42-45,59-60,67-68,72-73,75-81,83,90,107-108,110,115-116H,9,24-26,34-41,97H2,1-8H3,(H9-,96,98,99,100,101,102,103,109,111,112,113,117,118,119,120,121)/p+1. The predicted octanol–water partition coefficient (Wildman–Crippen LogP) is 6.07. The highest BCUT2D eigenvalue weighted by atomic mass is 35.5. The summed E-state index contributed by atoms with van der Waals surface area (Å²) in [5.74, 6) is -13.5. The summed E-state index contributed by atoms with van der Waals surface area (Å²) < 4.78 is 62.4. The zero-order chi connectivity index (χ0) is 94.8. The maximum atomic E-state index is 16.8. The molecule has 3 saturated heterocycles. The molecule has 8 amide bonds. The van der Waals surface area contributed by atoms with E-state index in [4.69, 9.17) is 88.9 Å². The second-order valence-corrected chi connectivity index (χ2v) is 36.8. The lowest BCUT2D eigenvalue weighted by molar-refractivity contribution is -0.534. The maximum Gasteiger partial charge on any atom is 0.248 e. The lowest BCUT2D eigenvalue weighted by Gasteiger charge is -2.44. The molecule has 3 fully saturated rings. The summed E-state index contributed by atoms with van der Waals surface area (Å²) in [4.78, 5) is 140. The number of nitrogens with zero attached hydrogens (tertiary/aromatic N) is 3. The quantitative estimate of drug-likeness (QED) is 0.0323. The summed E-state index contributed by atoms with van der Waals surface area (Å²) in [5, 5.41) is 95.5. The van der Waals surface area contributed by atoms with E-state index in [-0.39, 0.29) is 92.9 Å². The number of thioether (sulfide) groups is 1. The smallest absolute Gasteiger partial charge is 0.248 e. The zero-order valence-corrected chi connectivity index (χ0v) is 76.2. The molecule has 0 aromatic heterocycles. The maximum absolute atomic E-state index is 16.8. The van der Waals surface area contributed by atoms with Crippen LogP contribution in [-0.4, -0.2) is 253 Å². The Bertz CT molecular complexity index is 5590. The molecule has 0 aliphatic carbocycles. The molecule has 132 heavy (non-hydrogen) atoms. The van der Waals surface area contributed by atoms with Gasteiger partial charge in [0, 0.05) is 79.1 Å². The third-order valence-electron chi connectivity index (χ3n) is 24.1. The van der Waals surface area contributed by atoms with Gasteiger partial charge in [0.1, 0.15) is 89.4 Å². The Morgan fingerprint density at radius 3 is 1.98 bits per heavy atom. The zero-order valence-electron chi connectivity index (χ0n) is 73.1. The number of primary amides is 1. The van der Waals surface area contributed by atoms with Crippen molar-refractivity contribution in [3.63, 3.8) is 0 Å². The van der Waals surface area contributed by atoms with E-state index in [0.717, 1.165) is 41.0 Å². The summed E-state index contributed by atoms with van der Waals surface area (Å²) in [6.07, 6.45) is -15.7. The van der Waals surface area contributed by atoms with Gasteiger partial charge in [-0.25, -0.2) is 4.58 Å². The highest BCUT2D eigenvalue weighted by molar-refractivity contribution is 8.14. The summed E-state index contributed by atoms with van der Waals surface area (Å²) in [6.45, 7) is 6.71. The number of carbonyl (C=O) groups excluding carboxylic acids is 9. The second kappa shape index (κ2) is 40.9. The van der Waals surface area contributed by atoms with Crippen LogP contribution in [0.15, 0.2) is 127 Å². The van der Waals surface area contributed by atoms with Crippen molar-refractivity contribution in [1.82, 2.24) is 41.7 Å². The molecule has 7 aromatic carbocycles. The van der Waals surface area contributed by atoms with E-state index < -0.39 is 233 Å². The van der Waals surface area contributed by atoms with Crippen molar-refractivity contribution in [1.29, 1.82) is 0 Å². The minimum absolute atomic E-state index is 0.0863. The first-order chi connectivity index (χ1) is 62.7. The number of carbonyl (C=O) groups is 9. The Morgan fingerprint density at radius 1 is 0.705 bits per heavy atom. The number of aromatic hydroxyl groups is 2. The number of ether oxygens (including phenoxy) is 9. The summed E-state index contributed by atoms with van der Waals surface area (Å²) in [7, 11) is 6.38. The van der Waals surface area contributed by atoms with Crippen LogP contribution in [0.25, 0.3) is 22.3 Å². The number of benzene rings is 7. The van der Waals surface area contributed by atoms with Crippen LogP contribution in [0, 0.1) is 0 Å². The SMILES string of the molecule is COc1ccc2cc1-c1c(O)cc(O)cc1C(C(=O)SCC(=O)N(C)CCN(C)C)NC(=O)C1NC(=O)C2NC(=O)C2NC(=O)C(CC(N)=O)NC(=O)C(NC(=O)CCC(C)O)C(O)c3ccc(c(Cl)c3)Oc3cc2cc(c3OC2OC(CO)C(O)CC2OC2CC3(C=[N+]3Cc3ccc(-c4ccc(Cl)cc4)cc3)CC(C)O2)Oc2ccc(cc2Cl)C1OC1CC(C)(N)C(O)C(C)O1. The van der Waals surface area contributed by atoms with E-state index in [0.29, 0.717) is 36.3 Å². The topological polar surface area (TPSA) is 512 Å². The van der Waals surface area contributed by atoms with Gasteiger partial charge in [-0.05, 0) is 154 Å². The molecular formula is C92H105Cl3N11O25S+. The molecule has 20 atom stereocenters. The van der Waals surface area contributed by atoms with Crippen LogP contribution in [0.2, 0.25) is 15.1 Å². The Morgan fingerprint density at radius 2 is 1.34 bits per heavy atom. The molecule has 0 saturated carbocycles. The Kier molecular flexibility index (Phi) is 30.2. The molecule has 11 bridgehead atoms. The molecular weight excluding hydrogens is 1800 g/mol. The number of amides is 8. The number of aliphatic hydroxyl groups is 5. The van der Waals surface area contributed by atoms with Crippen LogP contribution < -0.4 is 62.3 Å². The van der Waals surface area contributed by atoms with Crippen molar-refractivity contribution in [2.75, 3.05) is 53.7 Å². The van der Waals surface area contributed by atoms with Crippen LogP contribution in [0.4, 0.5) is 0 Å². The Hall–Kier alpha value is -10.8. The fourth-order valence-corrected chi connectivity index (χ4v) is 18.4. The van der Waals surface area contributed by atoms with E-state index >= 15 is 28.8 Å². The van der Waals surface area contributed by atoms with Crippen molar-refractivity contribution >= 4 is 105 Å². The first kappa shape index (κ1) is 97.2. The molecule has 9 aliphatic rings. The predicted molar refractivity (Wildman–Crippen MR) is 480 cm³/mol. The molecule has 16 rings (SSSR count). The fourth-order valence-electron chi connectivity index (χ4n) is 17.0. The number of methoxy groups -OCH3 is 1. The van der Waals surface area contributed by atoms with Gasteiger partial charge < -0.3 is 132 Å². The number of nitrogens with two attached hydrogens (primary N) is 2. The minimum Gasteiger partial charge on any atom is -0.508 e. The number of likely N-dealkylation sites (N-methyl/N-ethyl adjacent to an activating group) is 2. The summed E-state index contributed by atoms with van der Waals surface area (Å²) in [5.41, 5.74) is 11.9. The van der Waals surface area contributed by atoms with Gasteiger partial charge in [-0.3, -0.25) is 43.2 Å². The number of fused-ring (bicyclic) bond motifs is 15. The molecule has 40 heteroatoms. The molecule has 704 valence electrons. The number of phenols is 2. The van der Waals surface area contributed by atoms with Crippen molar-refractivity contribution in [3.8, 4) is 68.2 Å². The number of nitrogens with one attached hydrogen (secondary N) is 6. The van der Waals surface area contributed by atoms with Gasteiger partial charge in [0.05, 0.1) is 72.9 Å². The number of aliphatic hydroxyl groups excluding tert-OH is 5. The average Bonchev–Trinajstić information content (AvgIpc) is 1.60. The van der Waals surface area contributed by atoms with Gasteiger partial charge in [-0.15, -0.1) is 0 Å². The van der Waals surface area contributed by atoms with Crippen LogP contribution in [0.5, 0.6) is 46.0 Å². The van der Waals surface area contributed by atoms with Crippen LogP contribution in [0.3, 0.4) is 0 Å². The number of rotatable bonds is 23. The number of hydrogen-bond acceptors (Lipinski definition) is 28. The van der Waals surface area contributed by atoms with E-state index in [9.17, 15) is 50.1 Å². The largest absolute Gasteiger partial charge is 0.508 e. The molecule has 1 spiro atoms. The molecule has 17 N–H and O–H groups in total. The average molecular weight is 1900 g/mol. The van der Waals surface area contributed by atoms with Crippen LogP contribution in [0.1, 0.15) is 136 Å². The fraction of sp³-hybridized carbons (Fsp3) is 0.435. The van der Waals surface area contributed by atoms with Gasteiger partial charge in [-0.2, -0.15) is 0 Å². The van der Waals surface area contributed by atoms with Crippen molar-refractivity contribution in [3.05, 3.63) is 176 Å². The third-order valence-corrected chi connectivity index (χ3v) is 25.9. The molecule has 36 nitrogen and oxygen atoms in total. The van der Waals surface area contributed by atoms with E-state index in [1.54, 1.807) is 14.1 Å². The highest BCUT2D eigenvalue weighted by Crippen LogP contribution is 2.51. The van der Waals surface area contributed by atoms with E-state index in [1.807, 2.05) is 60.4 Å². The van der Waals surface area contributed by atoms with Gasteiger partial charge >= 0.3 is 0 Å². The molecule has 0 radical (unpaired) electrons. The monoisotopic (exact) mass is 1900 g/mol. The molecule has 9 aliphatic heterocycles. The Balaban J connectivity index is 0.955. The summed E-state index contributed by atoms with van der Waals surface area (Å²) >= 11 is 21.5. The van der Waals surface area contributed by atoms with Crippen LogP contribution >= 0.6 is 46.6 Å². The van der Waals surface area contributed by atoms with E-state index in [2.05, 4.69) is 42.7 Å². The first-order valence-corrected chi connectivity index (χ1v) is 44.9. The third kappa shape index (κ3) is 22.3. The van der Waals surface area contributed by atoms with Gasteiger partial charge in [0.15, 0.2) is 30.6 Å². The molecule has 7 aromatic rings. The Labute approximate surface area is 778 Å². The van der Waals surface area contributed by atoms with Crippen molar-refractivity contribution < 1.29 is 126 Å². The van der Waals surface area contributed by atoms with E-state index in [1.165, 1.54) is 94.4 Å². The molecule has 20 unspecified atom stereocenters. The van der Waals surface area contributed by atoms with Gasteiger partial charge in [-0.1, -0.05) is 101 Å². The van der Waals surface area contributed by atoms with Crippen molar-refractivity contribution in [2.45, 2.75) is 200 Å². The molecule has 9 heterocycles. The van der Waals surface area contributed by atoms with Crippen molar-refractivity contribution in [2.24, 2.45) is 11.5 Å².